The van der Waals surface area contributed by atoms with Gasteiger partial charge in [-0.05, 0) is 12.3 Å². The molecule has 0 amide bonds. The molecule has 0 aliphatic rings. The van der Waals surface area contributed by atoms with Gasteiger partial charge in [-0.2, -0.15) is 0 Å². The fourth-order valence-electron chi connectivity index (χ4n) is 1.20. The van der Waals surface area contributed by atoms with Crippen molar-refractivity contribution in [2.24, 2.45) is 5.92 Å². The van der Waals surface area contributed by atoms with Gasteiger partial charge in [0.1, 0.15) is 5.69 Å². The molecule has 0 unspecified atom stereocenters. The molecule has 0 aliphatic carbocycles. The summed E-state index contributed by atoms with van der Waals surface area (Å²) in [5.74, 6) is 0.616. The quantitative estimate of drug-likeness (QED) is 0.687. The Bertz CT molecular complexity index is 304. The van der Waals surface area contributed by atoms with Crippen molar-refractivity contribution in [3.8, 4) is 0 Å². The molecule has 0 radical (unpaired) electrons. The van der Waals surface area contributed by atoms with E-state index < -0.39 is 0 Å². The van der Waals surface area contributed by atoms with E-state index in [9.17, 15) is 4.79 Å². The van der Waals surface area contributed by atoms with Crippen LogP contribution in [0.1, 0.15) is 43.4 Å². The molecule has 0 N–H and O–H groups in total. The van der Waals surface area contributed by atoms with Crippen LogP contribution >= 0.6 is 0 Å². The first-order valence-corrected chi connectivity index (χ1v) is 4.97. The molecule has 3 nitrogen and oxygen atoms in total. The van der Waals surface area contributed by atoms with Crippen molar-refractivity contribution in [1.82, 2.24) is 9.97 Å². The van der Waals surface area contributed by atoms with Crippen molar-refractivity contribution in [3.05, 3.63) is 23.8 Å². The summed E-state index contributed by atoms with van der Waals surface area (Å²) in [6.07, 6.45) is 4.66. The topological polar surface area (TPSA) is 42.9 Å². The Kier molecular flexibility index (Phi) is 3.74. The summed E-state index contributed by atoms with van der Waals surface area (Å²) >= 11 is 0. The van der Waals surface area contributed by atoms with Crippen molar-refractivity contribution in [3.63, 3.8) is 0 Å². The van der Waals surface area contributed by atoms with Gasteiger partial charge in [0.15, 0.2) is 5.78 Å². The van der Waals surface area contributed by atoms with Crippen LogP contribution in [0, 0.1) is 5.92 Å². The maximum Gasteiger partial charge on any atom is 0.182 e. The summed E-state index contributed by atoms with van der Waals surface area (Å²) in [6, 6.07) is 0. The Hall–Kier alpha value is -1.25. The average Bonchev–Trinajstić information content (AvgIpc) is 2.17. The van der Waals surface area contributed by atoms with Gasteiger partial charge in [0.05, 0.1) is 11.9 Å². The molecule has 76 valence electrons. The second-order valence-electron chi connectivity index (χ2n) is 3.77. The van der Waals surface area contributed by atoms with E-state index in [2.05, 4.69) is 23.8 Å². The summed E-state index contributed by atoms with van der Waals surface area (Å²) in [4.78, 5) is 19.5. The molecule has 0 aromatic carbocycles. The molecule has 14 heavy (non-hydrogen) atoms. The third kappa shape index (κ3) is 2.91. The van der Waals surface area contributed by atoms with Crippen LogP contribution in [0.4, 0.5) is 0 Å². The molecule has 1 aromatic rings. The highest BCUT2D eigenvalue weighted by molar-refractivity contribution is 5.93. The van der Waals surface area contributed by atoms with Crippen LogP contribution < -0.4 is 0 Å². The maximum atomic E-state index is 11.2. The van der Waals surface area contributed by atoms with Gasteiger partial charge in [0.25, 0.3) is 0 Å². The zero-order valence-corrected chi connectivity index (χ0v) is 8.95. The molecule has 0 atom stereocenters. The Morgan fingerprint density at radius 2 is 2.07 bits per heavy atom. The standard InChI is InChI=1S/C11H16N2O/c1-4-11(14)10-7-12-9(6-13-10)5-8(2)3/h6-8H,4-5H2,1-3H3. The van der Waals surface area contributed by atoms with Gasteiger partial charge in [-0.1, -0.05) is 20.8 Å². The Morgan fingerprint density at radius 3 is 2.50 bits per heavy atom. The lowest BCUT2D eigenvalue weighted by molar-refractivity contribution is 0.0983. The first kappa shape index (κ1) is 10.8. The SMILES string of the molecule is CCC(=O)c1cnc(CC(C)C)cn1. The molecular formula is C11H16N2O. The summed E-state index contributed by atoms with van der Waals surface area (Å²) in [5, 5.41) is 0. The highest BCUT2D eigenvalue weighted by atomic mass is 16.1. The Labute approximate surface area is 84.6 Å². The third-order valence-corrected chi connectivity index (χ3v) is 1.93. The van der Waals surface area contributed by atoms with Crippen LogP contribution in [0.5, 0.6) is 0 Å². The van der Waals surface area contributed by atoms with Gasteiger partial charge in [-0.3, -0.25) is 9.78 Å². The molecule has 0 fully saturated rings. The lowest BCUT2D eigenvalue weighted by atomic mass is 10.1. The van der Waals surface area contributed by atoms with Crippen molar-refractivity contribution in [2.75, 3.05) is 0 Å². The number of hydrogen-bond donors (Lipinski definition) is 0. The first-order chi connectivity index (χ1) is 6.63. The summed E-state index contributed by atoms with van der Waals surface area (Å²) in [6.45, 7) is 6.09. The monoisotopic (exact) mass is 192 g/mol. The molecule has 3 heteroatoms. The zero-order chi connectivity index (χ0) is 10.6. The summed E-state index contributed by atoms with van der Waals surface area (Å²) in [5.41, 5.74) is 1.42. The lowest BCUT2D eigenvalue weighted by Crippen LogP contribution is -2.04. The van der Waals surface area contributed by atoms with Crippen LogP contribution in [-0.2, 0) is 6.42 Å². The highest BCUT2D eigenvalue weighted by Gasteiger charge is 2.05. The van der Waals surface area contributed by atoms with Gasteiger partial charge >= 0.3 is 0 Å². The molecular weight excluding hydrogens is 176 g/mol. The zero-order valence-electron chi connectivity index (χ0n) is 8.95. The normalized spacial score (nSPS) is 10.6. The number of ketones is 1. The summed E-state index contributed by atoms with van der Waals surface area (Å²) in [7, 11) is 0. The van der Waals surface area contributed by atoms with E-state index in [1.54, 1.807) is 12.4 Å². The molecule has 0 saturated heterocycles. The van der Waals surface area contributed by atoms with Crippen LogP contribution in [0.15, 0.2) is 12.4 Å². The van der Waals surface area contributed by atoms with Crippen LogP contribution in [0.2, 0.25) is 0 Å². The Morgan fingerprint density at radius 1 is 1.36 bits per heavy atom. The van der Waals surface area contributed by atoms with Crippen LogP contribution in [-0.4, -0.2) is 15.8 Å². The van der Waals surface area contributed by atoms with Gasteiger partial charge in [0.2, 0.25) is 0 Å². The van der Waals surface area contributed by atoms with E-state index in [4.69, 9.17) is 0 Å². The van der Waals surface area contributed by atoms with Crippen LogP contribution in [0.3, 0.4) is 0 Å². The number of hydrogen-bond acceptors (Lipinski definition) is 3. The first-order valence-electron chi connectivity index (χ1n) is 4.97. The van der Waals surface area contributed by atoms with E-state index >= 15 is 0 Å². The minimum Gasteiger partial charge on any atom is -0.292 e. The van der Waals surface area contributed by atoms with E-state index in [0.717, 1.165) is 12.1 Å². The van der Waals surface area contributed by atoms with Gasteiger partial charge in [0, 0.05) is 12.6 Å². The number of aromatic nitrogens is 2. The maximum absolute atomic E-state index is 11.2. The minimum atomic E-state index is 0.0496. The van der Waals surface area contributed by atoms with Gasteiger partial charge in [-0.15, -0.1) is 0 Å². The van der Waals surface area contributed by atoms with Gasteiger partial charge in [-0.25, -0.2) is 4.98 Å². The molecule has 0 spiro atoms. The number of carbonyl (C=O) groups is 1. The molecule has 0 saturated carbocycles. The summed E-state index contributed by atoms with van der Waals surface area (Å²) < 4.78 is 0. The fourth-order valence-corrected chi connectivity index (χ4v) is 1.20. The number of nitrogens with zero attached hydrogens (tertiary/aromatic N) is 2. The molecule has 0 aliphatic heterocycles. The molecule has 0 bridgehead atoms. The predicted molar refractivity (Wildman–Crippen MR) is 55.2 cm³/mol. The van der Waals surface area contributed by atoms with Crippen molar-refractivity contribution in [2.45, 2.75) is 33.6 Å². The van der Waals surface area contributed by atoms with Gasteiger partial charge < -0.3 is 0 Å². The Balaban J connectivity index is 2.73. The van der Waals surface area contributed by atoms with E-state index in [0.29, 0.717) is 18.0 Å². The van der Waals surface area contributed by atoms with Crippen LogP contribution in [0.25, 0.3) is 0 Å². The van der Waals surface area contributed by atoms with E-state index in [-0.39, 0.29) is 5.78 Å². The molecule has 1 aromatic heterocycles. The lowest BCUT2D eigenvalue weighted by Gasteiger charge is -2.03. The molecule has 1 heterocycles. The fraction of sp³-hybridized carbons (Fsp3) is 0.545. The average molecular weight is 192 g/mol. The smallest absolute Gasteiger partial charge is 0.182 e. The largest absolute Gasteiger partial charge is 0.292 e. The molecule has 1 rings (SSSR count). The number of carbonyl (C=O) groups excluding carboxylic acids is 1. The minimum absolute atomic E-state index is 0.0496. The highest BCUT2D eigenvalue weighted by Crippen LogP contribution is 2.05. The number of rotatable bonds is 4. The van der Waals surface area contributed by atoms with E-state index in [1.807, 2.05) is 6.92 Å². The number of Topliss-reactive ketones (excluding diaryl/α,β-unsaturated/α-hetero) is 1. The second-order valence-corrected chi connectivity index (χ2v) is 3.77. The van der Waals surface area contributed by atoms with Crippen molar-refractivity contribution < 1.29 is 4.79 Å². The van der Waals surface area contributed by atoms with E-state index in [1.165, 1.54) is 0 Å². The predicted octanol–water partition coefficient (Wildman–Crippen LogP) is 2.27. The van der Waals surface area contributed by atoms with Crippen molar-refractivity contribution in [1.29, 1.82) is 0 Å². The van der Waals surface area contributed by atoms with Crippen molar-refractivity contribution >= 4 is 5.78 Å². The third-order valence-electron chi connectivity index (χ3n) is 1.93. The second kappa shape index (κ2) is 4.84.